The van der Waals surface area contributed by atoms with Crippen molar-refractivity contribution in [3.63, 3.8) is 0 Å². The van der Waals surface area contributed by atoms with E-state index < -0.39 is 21.9 Å². The molecule has 22 heavy (non-hydrogen) atoms. The van der Waals surface area contributed by atoms with Gasteiger partial charge in [0.15, 0.2) is 0 Å². The predicted octanol–water partition coefficient (Wildman–Crippen LogP) is 1.72. The lowest BCUT2D eigenvalue weighted by Gasteiger charge is -2.15. The van der Waals surface area contributed by atoms with E-state index in [4.69, 9.17) is 0 Å². The summed E-state index contributed by atoms with van der Waals surface area (Å²) in [6.07, 6.45) is 0.403. The second-order valence-corrected chi connectivity index (χ2v) is 7.67. The van der Waals surface area contributed by atoms with E-state index in [0.717, 1.165) is 11.7 Å². The molecule has 2 aromatic rings. The van der Waals surface area contributed by atoms with Gasteiger partial charge in [-0.15, -0.1) is 0 Å². The SMILES string of the molecule is CC(C)CC(CNS(=O)(=O)c1cccc2nsnc12)C(=O)O. The largest absolute Gasteiger partial charge is 0.481 e. The van der Waals surface area contributed by atoms with Gasteiger partial charge in [-0.25, -0.2) is 13.1 Å². The summed E-state index contributed by atoms with van der Waals surface area (Å²) < 4.78 is 35.1. The molecule has 7 nitrogen and oxygen atoms in total. The van der Waals surface area contributed by atoms with Gasteiger partial charge in [0.2, 0.25) is 10.0 Å². The molecule has 0 aliphatic carbocycles. The number of nitrogens with zero attached hydrogens (tertiary/aromatic N) is 2. The van der Waals surface area contributed by atoms with Crippen LogP contribution in [0.2, 0.25) is 0 Å². The van der Waals surface area contributed by atoms with Crippen LogP contribution in [0.1, 0.15) is 20.3 Å². The molecule has 1 unspecified atom stereocenters. The van der Waals surface area contributed by atoms with Crippen LogP contribution in [0.15, 0.2) is 23.1 Å². The van der Waals surface area contributed by atoms with Gasteiger partial charge >= 0.3 is 5.97 Å². The zero-order chi connectivity index (χ0) is 16.3. The number of carboxylic acids is 1. The number of nitrogens with one attached hydrogen (secondary N) is 1. The molecule has 0 amide bonds. The highest BCUT2D eigenvalue weighted by atomic mass is 32.2. The second kappa shape index (κ2) is 6.67. The van der Waals surface area contributed by atoms with Gasteiger partial charge in [0.05, 0.1) is 17.6 Å². The van der Waals surface area contributed by atoms with Crippen molar-refractivity contribution in [1.29, 1.82) is 0 Å². The van der Waals surface area contributed by atoms with Gasteiger partial charge in [-0.1, -0.05) is 19.9 Å². The monoisotopic (exact) mass is 343 g/mol. The van der Waals surface area contributed by atoms with Crippen LogP contribution < -0.4 is 4.72 Å². The van der Waals surface area contributed by atoms with E-state index in [0.29, 0.717) is 17.5 Å². The van der Waals surface area contributed by atoms with Gasteiger partial charge in [-0.3, -0.25) is 4.79 Å². The van der Waals surface area contributed by atoms with Crippen LogP contribution in [0.5, 0.6) is 0 Å². The Morgan fingerprint density at radius 2 is 2.09 bits per heavy atom. The summed E-state index contributed by atoms with van der Waals surface area (Å²) >= 11 is 0.935. The molecular formula is C13H17N3O4S2. The average molecular weight is 343 g/mol. The van der Waals surface area contributed by atoms with Crippen LogP contribution in [0, 0.1) is 11.8 Å². The molecule has 0 spiro atoms. The van der Waals surface area contributed by atoms with E-state index in [1.165, 1.54) is 6.07 Å². The molecule has 2 N–H and O–H groups in total. The standard InChI is InChI=1S/C13H17N3O4S2/c1-8(2)6-9(13(17)18)7-14-22(19,20)11-5-3-4-10-12(11)16-21-15-10/h3-5,8-9,14H,6-7H2,1-2H3,(H,17,18). The van der Waals surface area contributed by atoms with Gasteiger partial charge in [0, 0.05) is 6.54 Å². The fourth-order valence-corrected chi connectivity index (χ4v) is 3.97. The highest BCUT2D eigenvalue weighted by Gasteiger charge is 2.24. The molecular weight excluding hydrogens is 326 g/mol. The Bertz CT molecular complexity index is 770. The van der Waals surface area contributed by atoms with Crippen molar-refractivity contribution < 1.29 is 18.3 Å². The highest BCUT2D eigenvalue weighted by molar-refractivity contribution is 7.89. The van der Waals surface area contributed by atoms with Gasteiger partial charge < -0.3 is 5.11 Å². The van der Waals surface area contributed by atoms with E-state index in [1.54, 1.807) is 12.1 Å². The third-order valence-corrected chi connectivity index (χ3v) is 5.16. The average Bonchev–Trinajstić information content (AvgIpc) is 2.90. The number of carbonyl (C=O) groups is 1. The van der Waals surface area contributed by atoms with Crippen LogP contribution in [0.4, 0.5) is 0 Å². The Labute approximate surface area is 132 Å². The van der Waals surface area contributed by atoms with Crippen molar-refractivity contribution in [3.8, 4) is 0 Å². The summed E-state index contributed by atoms with van der Waals surface area (Å²) in [5.41, 5.74) is 0.806. The van der Waals surface area contributed by atoms with E-state index in [-0.39, 0.29) is 17.4 Å². The molecule has 1 aromatic heterocycles. The van der Waals surface area contributed by atoms with Crippen LogP contribution in [-0.2, 0) is 14.8 Å². The van der Waals surface area contributed by atoms with Crippen molar-refractivity contribution in [2.75, 3.05) is 6.54 Å². The molecule has 2 rings (SSSR count). The van der Waals surface area contributed by atoms with Crippen LogP contribution in [0.25, 0.3) is 11.0 Å². The maximum Gasteiger partial charge on any atom is 0.307 e. The second-order valence-electron chi connectivity index (χ2n) is 5.40. The number of benzene rings is 1. The van der Waals surface area contributed by atoms with Gasteiger partial charge in [-0.05, 0) is 24.5 Å². The molecule has 0 fully saturated rings. The number of aromatic nitrogens is 2. The molecule has 1 atom stereocenters. The molecule has 0 bridgehead atoms. The zero-order valence-electron chi connectivity index (χ0n) is 12.2. The summed E-state index contributed by atoms with van der Waals surface area (Å²) in [5, 5.41) is 9.17. The zero-order valence-corrected chi connectivity index (χ0v) is 13.8. The first-order chi connectivity index (χ1) is 10.3. The quantitative estimate of drug-likeness (QED) is 0.792. The number of fused-ring (bicyclic) bond motifs is 1. The first kappa shape index (κ1) is 16.8. The summed E-state index contributed by atoms with van der Waals surface area (Å²) in [4.78, 5) is 11.2. The molecule has 1 aromatic carbocycles. The fourth-order valence-electron chi connectivity index (χ4n) is 2.13. The number of carboxylic acid groups (broad SMARTS) is 1. The summed E-state index contributed by atoms with van der Waals surface area (Å²) in [6, 6.07) is 4.70. The molecule has 120 valence electrons. The predicted molar refractivity (Wildman–Crippen MR) is 83.2 cm³/mol. The Hall–Kier alpha value is -1.58. The van der Waals surface area contributed by atoms with E-state index >= 15 is 0 Å². The first-order valence-electron chi connectivity index (χ1n) is 6.75. The number of sulfonamides is 1. The third-order valence-electron chi connectivity index (χ3n) is 3.16. The van der Waals surface area contributed by atoms with Crippen molar-refractivity contribution in [2.45, 2.75) is 25.2 Å². The lowest BCUT2D eigenvalue weighted by Crippen LogP contribution is -2.33. The van der Waals surface area contributed by atoms with Crippen molar-refractivity contribution in [2.24, 2.45) is 11.8 Å². The Kier molecular flexibility index (Phi) is 5.09. The minimum absolute atomic E-state index is 0.0208. The van der Waals surface area contributed by atoms with Crippen molar-refractivity contribution in [1.82, 2.24) is 13.5 Å². The smallest absolute Gasteiger partial charge is 0.307 e. The van der Waals surface area contributed by atoms with Crippen LogP contribution in [0.3, 0.4) is 0 Å². The third kappa shape index (κ3) is 3.79. The topological polar surface area (TPSA) is 109 Å². The number of aliphatic carboxylic acids is 1. The van der Waals surface area contributed by atoms with Gasteiger partial charge in [0.1, 0.15) is 15.9 Å². The number of hydrogen-bond acceptors (Lipinski definition) is 6. The Morgan fingerprint density at radius 1 is 1.36 bits per heavy atom. The number of rotatable bonds is 7. The molecule has 0 radical (unpaired) electrons. The lowest BCUT2D eigenvalue weighted by atomic mass is 9.98. The minimum atomic E-state index is -3.83. The van der Waals surface area contributed by atoms with E-state index in [1.807, 2.05) is 13.8 Å². The molecule has 0 saturated carbocycles. The van der Waals surface area contributed by atoms with Crippen molar-refractivity contribution in [3.05, 3.63) is 18.2 Å². The Balaban J connectivity index is 2.21. The fraction of sp³-hybridized carbons (Fsp3) is 0.462. The molecule has 0 aliphatic heterocycles. The summed E-state index contributed by atoms with van der Waals surface area (Å²) in [5.74, 6) is -1.61. The van der Waals surface area contributed by atoms with Gasteiger partial charge in [0.25, 0.3) is 0 Å². The van der Waals surface area contributed by atoms with Crippen LogP contribution >= 0.6 is 11.7 Å². The molecule has 0 aliphatic rings. The minimum Gasteiger partial charge on any atom is -0.481 e. The summed E-state index contributed by atoms with van der Waals surface area (Å²) in [7, 11) is -3.83. The normalized spacial score (nSPS) is 13.6. The highest BCUT2D eigenvalue weighted by Crippen LogP contribution is 2.21. The molecule has 1 heterocycles. The summed E-state index contributed by atoms with van der Waals surface area (Å²) in [6.45, 7) is 3.64. The maximum absolute atomic E-state index is 12.4. The molecule has 9 heteroatoms. The Morgan fingerprint density at radius 3 is 2.73 bits per heavy atom. The lowest BCUT2D eigenvalue weighted by molar-refractivity contribution is -0.142. The molecule has 0 saturated heterocycles. The number of hydrogen-bond donors (Lipinski definition) is 2. The van der Waals surface area contributed by atoms with Gasteiger partial charge in [-0.2, -0.15) is 8.75 Å². The van der Waals surface area contributed by atoms with E-state index in [2.05, 4.69) is 13.5 Å². The van der Waals surface area contributed by atoms with Crippen LogP contribution in [-0.4, -0.2) is 34.8 Å². The van der Waals surface area contributed by atoms with E-state index in [9.17, 15) is 18.3 Å². The first-order valence-corrected chi connectivity index (χ1v) is 8.96. The van der Waals surface area contributed by atoms with Crippen molar-refractivity contribution >= 4 is 38.8 Å². The maximum atomic E-state index is 12.4.